The van der Waals surface area contributed by atoms with Crippen molar-refractivity contribution in [2.75, 3.05) is 5.32 Å². The van der Waals surface area contributed by atoms with Gasteiger partial charge < -0.3 is 15.7 Å². The predicted octanol–water partition coefficient (Wildman–Crippen LogP) is 3.69. The molecule has 1 aromatic carbocycles. The SMILES string of the molecule is Cc1cc(NC(=O)NC(C(=O)O)C(C)(C)C)cc(C)c1Br. The van der Waals surface area contributed by atoms with E-state index < -0.39 is 23.5 Å². The zero-order chi connectivity index (χ0) is 16.4. The summed E-state index contributed by atoms with van der Waals surface area (Å²) in [4.78, 5) is 23.2. The monoisotopic (exact) mass is 356 g/mol. The molecule has 0 spiro atoms. The number of benzene rings is 1. The van der Waals surface area contributed by atoms with Crippen LogP contribution in [0.5, 0.6) is 0 Å². The molecule has 1 unspecified atom stereocenters. The standard InChI is InChI=1S/C15H21BrN2O3/c1-8-6-10(7-9(2)11(8)16)17-14(21)18-12(13(19)20)15(3,4)5/h6-7,12H,1-5H3,(H,19,20)(H2,17,18,21). The van der Waals surface area contributed by atoms with Crippen LogP contribution in [-0.2, 0) is 4.79 Å². The topological polar surface area (TPSA) is 78.4 Å². The van der Waals surface area contributed by atoms with E-state index in [1.165, 1.54) is 0 Å². The van der Waals surface area contributed by atoms with Crippen LogP contribution in [0.2, 0.25) is 0 Å². The maximum atomic E-state index is 12.0. The fourth-order valence-electron chi connectivity index (χ4n) is 1.97. The lowest BCUT2D eigenvalue weighted by atomic mass is 9.87. The number of hydrogen-bond acceptors (Lipinski definition) is 2. The minimum atomic E-state index is -1.05. The summed E-state index contributed by atoms with van der Waals surface area (Å²) in [6.07, 6.45) is 0. The van der Waals surface area contributed by atoms with Crippen LogP contribution in [0.4, 0.5) is 10.5 Å². The van der Waals surface area contributed by atoms with Gasteiger partial charge in [0.1, 0.15) is 6.04 Å². The van der Waals surface area contributed by atoms with E-state index in [-0.39, 0.29) is 0 Å². The molecule has 1 aromatic rings. The zero-order valence-corrected chi connectivity index (χ0v) is 14.5. The second-order valence-electron chi connectivity index (χ2n) is 6.16. The second-order valence-corrected chi connectivity index (χ2v) is 6.95. The fraction of sp³-hybridized carbons (Fsp3) is 0.467. The highest BCUT2D eigenvalue weighted by Crippen LogP contribution is 2.25. The Kier molecular flexibility index (Phi) is 5.39. The molecule has 0 fully saturated rings. The molecule has 0 radical (unpaired) electrons. The van der Waals surface area contributed by atoms with Gasteiger partial charge in [-0.1, -0.05) is 36.7 Å². The number of urea groups is 1. The first kappa shape index (κ1) is 17.5. The molecule has 21 heavy (non-hydrogen) atoms. The number of nitrogens with one attached hydrogen (secondary N) is 2. The van der Waals surface area contributed by atoms with E-state index >= 15 is 0 Å². The van der Waals surface area contributed by atoms with E-state index in [2.05, 4.69) is 26.6 Å². The highest BCUT2D eigenvalue weighted by molar-refractivity contribution is 9.10. The molecule has 0 saturated heterocycles. The summed E-state index contributed by atoms with van der Waals surface area (Å²) in [6.45, 7) is 9.14. The molecule has 6 heteroatoms. The molecule has 0 heterocycles. The third-order valence-corrected chi connectivity index (χ3v) is 4.33. The zero-order valence-electron chi connectivity index (χ0n) is 12.9. The van der Waals surface area contributed by atoms with E-state index in [0.29, 0.717) is 5.69 Å². The van der Waals surface area contributed by atoms with Gasteiger partial charge in [0.15, 0.2) is 0 Å². The Morgan fingerprint density at radius 1 is 1.19 bits per heavy atom. The highest BCUT2D eigenvalue weighted by atomic mass is 79.9. The van der Waals surface area contributed by atoms with E-state index in [0.717, 1.165) is 15.6 Å². The van der Waals surface area contributed by atoms with Crippen molar-refractivity contribution in [2.45, 2.75) is 40.7 Å². The molecule has 0 aliphatic rings. The minimum absolute atomic E-state index is 0.529. The lowest BCUT2D eigenvalue weighted by molar-refractivity contribution is -0.141. The number of anilines is 1. The lowest BCUT2D eigenvalue weighted by Gasteiger charge is -2.27. The van der Waals surface area contributed by atoms with Crippen LogP contribution in [0.15, 0.2) is 16.6 Å². The molecular formula is C15H21BrN2O3. The molecule has 0 aliphatic heterocycles. The normalized spacial score (nSPS) is 12.7. The third-order valence-electron chi connectivity index (χ3n) is 3.08. The highest BCUT2D eigenvalue weighted by Gasteiger charge is 2.32. The summed E-state index contributed by atoms with van der Waals surface area (Å²) in [5.41, 5.74) is 2.05. The van der Waals surface area contributed by atoms with Crippen LogP contribution in [0.1, 0.15) is 31.9 Å². The first-order chi connectivity index (χ1) is 9.52. The van der Waals surface area contributed by atoms with Crippen molar-refractivity contribution < 1.29 is 14.7 Å². The van der Waals surface area contributed by atoms with Gasteiger partial charge in [0.2, 0.25) is 0 Å². The number of carboxylic acids is 1. The maximum Gasteiger partial charge on any atom is 0.326 e. The molecule has 0 bridgehead atoms. The molecule has 0 aromatic heterocycles. The Morgan fingerprint density at radius 2 is 1.67 bits per heavy atom. The van der Waals surface area contributed by atoms with Crippen molar-refractivity contribution in [1.82, 2.24) is 5.32 Å². The summed E-state index contributed by atoms with van der Waals surface area (Å²) in [5, 5.41) is 14.4. The molecule has 0 aliphatic carbocycles. The van der Waals surface area contributed by atoms with Gasteiger partial charge in [0, 0.05) is 10.2 Å². The summed E-state index contributed by atoms with van der Waals surface area (Å²) < 4.78 is 0.992. The van der Waals surface area contributed by atoms with Crippen LogP contribution in [-0.4, -0.2) is 23.1 Å². The van der Waals surface area contributed by atoms with Crippen molar-refractivity contribution in [2.24, 2.45) is 5.41 Å². The first-order valence-corrected chi connectivity index (χ1v) is 7.38. The van der Waals surface area contributed by atoms with Crippen LogP contribution >= 0.6 is 15.9 Å². The number of rotatable bonds is 3. The third kappa shape index (κ3) is 4.74. The largest absolute Gasteiger partial charge is 0.480 e. The quantitative estimate of drug-likeness (QED) is 0.772. The van der Waals surface area contributed by atoms with E-state index in [1.54, 1.807) is 20.8 Å². The fourth-order valence-corrected chi connectivity index (χ4v) is 2.19. The van der Waals surface area contributed by atoms with Gasteiger partial charge in [-0.05, 0) is 42.5 Å². The van der Waals surface area contributed by atoms with Gasteiger partial charge >= 0.3 is 12.0 Å². The number of halogens is 1. The van der Waals surface area contributed by atoms with Gasteiger partial charge in [0.05, 0.1) is 0 Å². The Hall–Kier alpha value is -1.56. The van der Waals surface area contributed by atoms with Gasteiger partial charge in [-0.25, -0.2) is 9.59 Å². The summed E-state index contributed by atoms with van der Waals surface area (Å²) in [5.74, 6) is -1.05. The van der Waals surface area contributed by atoms with Crippen molar-refractivity contribution in [1.29, 1.82) is 0 Å². The van der Waals surface area contributed by atoms with E-state index in [4.69, 9.17) is 0 Å². The van der Waals surface area contributed by atoms with Crippen molar-refractivity contribution in [3.63, 3.8) is 0 Å². The van der Waals surface area contributed by atoms with Crippen LogP contribution in [0.25, 0.3) is 0 Å². The molecular weight excluding hydrogens is 336 g/mol. The van der Waals surface area contributed by atoms with Gasteiger partial charge in [0.25, 0.3) is 0 Å². The van der Waals surface area contributed by atoms with Crippen LogP contribution in [0, 0.1) is 19.3 Å². The Morgan fingerprint density at radius 3 is 2.05 bits per heavy atom. The molecule has 3 N–H and O–H groups in total. The molecule has 1 rings (SSSR count). The Labute approximate surface area is 133 Å². The van der Waals surface area contributed by atoms with Crippen molar-refractivity contribution in [3.05, 3.63) is 27.7 Å². The van der Waals surface area contributed by atoms with Gasteiger partial charge in [-0.15, -0.1) is 0 Å². The molecule has 116 valence electrons. The lowest BCUT2D eigenvalue weighted by Crippen LogP contribution is -2.50. The second kappa shape index (κ2) is 6.47. The van der Waals surface area contributed by atoms with Crippen molar-refractivity contribution >= 4 is 33.6 Å². The van der Waals surface area contributed by atoms with Gasteiger partial charge in [-0.3, -0.25) is 0 Å². The number of aliphatic carboxylic acids is 1. The summed E-state index contributed by atoms with van der Waals surface area (Å²) in [7, 11) is 0. The van der Waals surface area contributed by atoms with Crippen molar-refractivity contribution in [3.8, 4) is 0 Å². The Balaban J connectivity index is 2.85. The Bertz CT molecular complexity index is 542. The van der Waals surface area contributed by atoms with Crippen LogP contribution < -0.4 is 10.6 Å². The van der Waals surface area contributed by atoms with E-state index in [1.807, 2.05) is 26.0 Å². The molecule has 2 amide bonds. The minimum Gasteiger partial charge on any atom is -0.480 e. The molecule has 0 saturated carbocycles. The first-order valence-electron chi connectivity index (χ1n) is 6.59. The smallest absolute Gasteiger partial charge is 0.326 e. The number of carbonyl (C=O) groups excluding carboxylic acids is 1. The predicted molar refractivity (Wildman–Crippen MR) is 86.6 cm³/mol. The number of hydrogen-bond donors (Lipinski definition) is 3. The molecule has 5 nitrogen and oxygen atoms in total. The van der Waals surface area contributed by atoms with E-state index in [9.17, 15) is 14.7 Å². The maximum absolute atomic E-state index is 12.0. The number of amides is 2. The average Bonchev–Trinajstić information content (AvgIpc) is 2.31. The van der Waals surface area contributed by atoms with Crippen LogP contribution in [0.3, 0.4) is 0 Å². The average molecular weight is 357 g/mol. The number of aryl methyl sites for hydroxylation is 2. The number of carbonyl (C=O) groups is 2. The molecule has 1 atom stereocenters. The summed E-state index contributed by atoms with van der Waals surface area (Å²) >= 11 is 3.46. The summed E-state index contributed by atoms with van der Waals surface area (Å²) in [6, 6.07) is 2.15. The number of carboxylic acid groups (broad SMARTS) is 1. The van der Waals surface area contributed by atoms with Gasteiger partial charge in [-0.2, -0.15) is 0 Å².